The molecule has 0 bridgehead atoms. The molecule has 0 N–H and O–H groups in total. The summed E-state index contributed by atoms with van der Waals surface area (Å²) in [6.07, 6.45) is 6.41. The SMILES string of the molecule is COC(=O)C1CC2CCCCC2N1CC(=O)N1CCc2ccccc21. The van der Waals surface area contributed by atoms with Crippen molar-refractivity contribution >= 4 is 17.6 Å². The highest BCUT2D eigenvalue weighted by Crippen LogP contribution is 2.40. The standard InChI is InChI=1S/C20H26N2O3/c1-25-20(24)18-12-15-7-3-5-9-17(15)22(18)13-19(23)21-11-10-14-6-2-4-8-16(14)21/h2,4,6,8,15,17-18H,3,5,7,9-13H2,1H3. The van der Waals surface area contributed by atoms with Gasteiger partial charge >= 0.3 is 5.97 Å². The van der Waals surface area contributed by atoms with E-state index in [0.29, 0.717) is 18.5 Å². The number of hydrogen-bond acceptors (Lipinski definition) is 4. The molecule has 0 radical (unpaired) electrons. The average molecular weight is 342 g/mol. The van der Waals surface area contributed by atoms with E-state index in [1.807, 2.05) is 23.1 Å². The minimum Gasteiger partial charge on any atom is -0.468 e. The van der Waals surface area contributed by atoms with Crippen molar-refractivity contribution in [3.63, 3.8) is 0 Å². The van der Waals surface area contributed by atoms with Crippen LogP contribution in [0.25, 0.3) is 0 Å². The maximum absolute atomic E-state index is 13.0. The zero-order valence-corrected chi connectivity index (χ0v) is 14.8. The minimum absolute atomic E-state index is 0.102. The van der Waals surface area contributed by atoms with E-state index in [9.17, 15) is 9.59 Å². The Balaban J connectivity index is 1.53. The van der Waals surface area contributed by atoms with Crippen LogP contribution in [-0.2, 0) is 20.7 Å². The molecule has 3 aliphatic rings. The molecule has 1 aliphatic carbocycles. The number of methoxy groups -OCH3 is 1. The average Bonchev–Trinajstić information content (AvgIpc) is 3.23. The molecule has 1 aromatic rings. The van der Waals surface area contributed by atoms with E-state index in [2.05, 4.69) is 11.0 Å². The van der Waals surface area contributed by atoms with Crippen LogP contribution < -0.4 is 4.90 Å². The van der Waals surface area contributed by atoms with E-state index >= 15 is 0 Å². The first-order valence-electron chi connectivity index (χ1n) is 9.41. The maximum Gasteiger partial charge on any atom is 0.323 e. The number of nitrogens with zero attached hydrogens (tertiary/aromatic N) is 2. The lowest BCUT2D eigenvalue weighted by atomic mass is 9.85. The molecule has 3 atom stereocenters. The number of esters is 1. The smallest absolute Gasteiger partial charge is 0.323 e. The van der Waals surface area contributed by atoms with Gasteiger partial charge in [-0.25, -0.2) is 0 Å². The second-order valence-electron chi connectivity index (χ2n) is 7.48. The summed E-state index contributed by atoms with van der Waals surface area (Å²) >= 11 is 0. The highest BCUT2D eigenvalue weighted by molar-refractivity contribution is 5.97. The number of para-hydroxylation sites is 1. The van der Waals surface area contributed by atoms with E-state index in [1.165, 1.54) is 25.5 Å². The Kier molecular flexibility index (Phi) is 4.50. The van der Waals surface area contributed by atoms with Gasteiger partial charge in [-0.1, -0.05) is 31.0 Å². The molecule has 0 aromatic heterocycles. The Morgan fingerprint density at radius 3 is 2.84 bits per heavy atom. The quantitative estimate of drug-likeness (QED) is 0.792. The van der Waals surface area contributed by atoms with Gasteiger partial charge in [-0.2, -0.15) is 0 Å². The van der Waals surface area contributed by atoms with Crippen molar-refractivity contribution in [3.8, 4) is 0 Å². The van der Waals surface area contributed by atoms with Gasteiger partial charge in [-0.3, -0.25) is 14.5 Å². The summed E-state index contributed by atoms with van der Waals surface area (Å²) in [5.74, 6) is 0.436. The molecular formula is C20H26N2O3. The van der Waals surface area contributed by atoms with Crippen LogP contribution in [0, 0.1) is 5.92 Å². The van der Waals surface area contributed by atoms with Crippen molar-refractivity contribution in [1.29, 1.82) is 0 Å². The maximum atomic E-state index is 13.0. The van der Waals surface area contributed by atoms with E-state index in [0.717, 1.165) is 37.9 Å². The van der Waals surface area contributed by atoms with Crippen molar-refractivity contribution < 1.29 is 14.3 Å². The van der Waals surface area contributed by atoms with Crippen LogP contribution in [0.2, 0.25) is 0 Å². The summed E-state index contributed by atoms with van der Waals surface area (Å²) in [6, 6.07) is 8.19. The van der Waals surface area contributed by atoms with Crippen molar-refractivity contribution in [2.45, 2.75) is 50.6 Å². The van der Waals surface area contributed by atoms with Crippen molar-refractivity contribution in [3.05, 3.63) is 29.8 Å². The third-order valence-electron chi connectivity index (χ3n) is 6.20. The Hall–Kier alpha value is -1.88. The van der Waals surface area contributed by atoms with E-state index < -0.39 is 0 Å². The summed E-state index contributed by atoms with van der Waals surface area (Å²) in [7, 11) is 1.45. The number of carbonyl (C=O) groups excluding carboxylic acids is 2. The normalized spacial score (nSPS) is 28.5. The van der Waals surface area contributed by atoms with Gasteiger partial charge < -0.3 is 9.64 Å². The Morgan fingerprint density at radius 2 is 2.00 bits per heavy atom. The monoisotopic (exact) mass is 342 g/mol. The fourth-order valence-corrected chi connectivity index (χ4v) is 4.99. The van der Waals surface area contributed by atoms with Gasteiger partial charge in [0.1, 0.15) is 6.04 Å². The van der Waals surface area contributed by atoms with Gasteiger partial charge in [-0.05, 0) is 43.2 Å². The summed E-state index contributed by atoms with van der Waals surface area (Å²) in [5.41, 5.74) is 2.26. The minimum atomic E-state index is -0.264. The molecule has 4 rings (SSSR count). The van der Waals surface area contributed by atoms with Crippen LogP contribution >= 0.6 is 0 Å². The molecule has 0 spiro atoms. The fourth-order valence-electron chi connectivity index (χ4n) is 4.99. The number of fused-ring (bicyclic) bond motifs is 2. The van der Waals surface area contributed by atoms with E-state index in [-0.39, 0.29) is 17.9 Å². The van der Waals surface area contributed by atoms with Gasteiger partial charge in [0.05, 0.1) is 13.7 Å². The number of ether oxygens (including phenoxy) is 1. The molecule has 1 aromatic carbocycles. The van der Waals surface area contributed by atoms with E-state index in [4.69, 9.17) is 4.74 Å². The first-order chi connectivity index (χ1) is 12.2. The molecule has 2 fully saturated rings. The molecule has 3 unspecified atom stereocenters. The van der Waals surface area contributed by atoms with Gasteiger partial charge in [0.15, 0.2) is 0 Å². The van der Waals surface area contributed by atoms with Crippen LogP contribution in [0.3, 0.4) is 0 Å². The second kappa shape index (κ2) is 6.79. The molecule has 1 amide bonds. The van der Waals surface area contributed by atoms with Crippen LogP contribution in [0.5, 0.6) is 0 Å². The van der Waals surface area contributed by atoms with Crippen molar-refractivity contribution in [2.24, 2.45) is 5.92 Å². The van der Waals surface area contributed by atoms with Gasteiger partial charge in [0.2, 0.25) is 5.91 Å². The second-order valence-corrected chi connectivity index (χ2v) is 7.48. The number of rotatable bonds is 3. The first kappa shape index (κ1) is 16.6. The van der Waals surface area contributed by atoms with Crippen LogP contribution in [0.15, 0.2) is 24.3 Å². The number of likely N-dealkylation sites (tertiary alicyclic amines) is 1. The molecular weight excluding hydrogens is 316 g/mol. The van der Waals surface area contributed by atoms with Crippen LogP contribution in [0.4, 0.5) is 5.69 Å². The highest BCUT2D eigenvalue weighted by Gasteiger charge is 2.46. The summed E-state index contributed by atoms with van der Waals surface area (Å²) in [4.78, 5) is 29.3. The lowest BCUT2D eigenvalue weighted by molar-refractivity contribution is -0.146. The number of carbonyl (C=O) groups is 2. The predicted molar refractivity (Wildman–Crippen MR) is 95.4 cm³/mol. The molecule has 5 nitrogen and oxygen atoms in total. The number of anilines is 1. The zero-order chi connectivity index (χ0) is 17.4. The van der Waals surface area contributed by atoms with E-state index in [1.54, 1.807) is 0 Å². The molecule has 1 saturated heterocycles. The molecule has 134 valence electrons. The Bertz CT molecular complexity index is 675. The van der Waals surface area contributed by atoms with Crippen molar-refractivity contribution in [1.82, 2.24) is 4.90 Å². The third kappa shape index (κ3) is 2.95. The Labute approximate surface area is 148 Å². The molecule has 5 heteroatoms. The number of amides is 1. The predicted octanol–water partition coefficient (Wildman–Crippen LogP) is 2.38. The first-order valence-corrected chi connectivity index (χ1v) is 9.41. The topological polar surface area (TPSA) is 49.9 Å². The number of benzene rings is 1. The number of hydrogen-bond donors (Lipinski definition) is 0. The Morgan fingerprint density at radius 1 is 1.20 bits per heavy atom. The van der Waals surface area contributed by atoms with Crippen LogP contribution in [-0.4, -0.2) is 49.1 Å². The van der Waals surface area contributed by atoms with Gasteiger partial charge in [-0.15, -0.1) is 0 Å². The molecule has 2 heterocycles. The third-order valence-corrected chi connectivity index (χ3v) is 6.20. The molecule has 25 heavy (non-hydrogen) atoms. The summed E-state index contributed by atoms with van der Waals surface area (Å²) in [6.45, 7) is 1.05. The van der Waals surface area contributed by atoms with Gasteiger partial charge in [0, 0.05) is 18.3 Å². The van der Waals surface area contributed by atoms with Crippen molar-refractivity contribution in [2.75, 3.05) is 25.1 Å². The largest absolute Gasteiger partial charge is 0.468 e. The van der Waals surface area contributed by atoms with Gasteiger partial charge in [0.25, 0.3) is 0 Å². The fraction of sp³-hybridized carbons (Fsp3) is 0.600. The molecule has 1 saturated carbocycles. The van der Waals surface area contributed by atoms with Crippen LogP contribution in [0.1, 0.15) is 37.7 Å². The molecule has 2 aliphatic heterocycles. The zero-order valence-electron chi connectivity index (χ0n) is 14.8. The highest BCUT2D eigenvalue weighted by atomic mass is 16.5. The lowest BCUT2D eigenvalue weighted by Crippen LogP contribution is -2.48. The summed E-state index contributed by atoms with van der Waals surface area (Å²) in [5, 5.41) is 0. The summed E-state index contributed by atoms with van der Waals surface area (Å²) < 4.78 is 5.03. The lowest BCUT2D eigenvalue weighted by Gasteiger charge is -2.33.